The van der Waals surface area contributed by atoms with Crippen molar-refractivity contribution in [1.82, 2.24) is 9.78 Å². The standard InChI is InChI=1S/C21H17ClFN3OS/c1-12-7-8-15(23)9-18(12)24-20(27)19-10-16-13(2)25-26(21(16)28-19)11-14-5-3-4-6-17(14)22/h3-10H,11H2,1-2H3,(H,24,27). The third kappa shape index (κ3) is 3.53. The number of thiophene rings is 1. The third-order valence-corrected chi connectivity index (χ3v) is 6.07. The van der Waals surface area contributed by atoms with Gasteiger partial charge in [0.2, 0.25) is 0 Å². The number of fused-ring (bicyclic) bond motifs is 1. The van der Waals surface area contributed by atoms with Gasteiger partial charge in [-0.1, -0.05) is 35.9 Å². The summed E-state index contributed by atoms with van der Waals surface area (Å²) in [6, 6.07) is 13.8. The molecule has 0 radical (unpaired) electrons. The SMILES string of the molecule is Cc1ccc(F)cc1NC(=O)c1cc2c(C)nn(Cc3ccccc3Cl)c2s1. The van der Waals surface area contributed by atoms with E-state index in [-0.39, 0.29) is 11.7 Å². The maximum atomic E-state index is 13.5. The van der Waals surface area contributed by atoms with Crippen molar-refractivity contribution < 1.29 is 9.18 Å². The second kappa shape index (κ2) is 7.37. The monoisotopic (exact) mass is 413 g/mol. The maximum Gasteiger partial charge on any atom is 0.265 e. The number of amides is 1. The molecule has 0 atom stereocenters. The van der Waals surface area contributed by atoms with E-state index in [1.807, 2.05) is 48.9 Å². The molecule has 0 spiro atoms. The molecule has 142 valence electrons. The van der Waals surface area contributed by atoms with Crippen molar-refractivity contribution in [2.24, 2.45) is 0 Å². The highest BCUT2D eigenvalue weighted by Crippen LogP contribution is 2.30. The van der Waals surface area contributed by atoms with Gasteiger partial charge in [-0.3, -0.25) is 9.48 Å². The number of benzene rings is 2. The van der Waals surface area contributed by atoms with Crippen LogP contribution in [-0.2, 0) is 6.54 Å². The molecular formula is C21H17ClFN3OS. The van der Waals surface area contributed by atoms with Gasteiger partial charge in [0, 0.05) is 16.1 Å². The molecule has 1 amide bonds. The number of hydrogen-bond acceptors (Lipinski definition) is 3. The Morgan fingerprint density at radius 1 is 1.21 bits per heavy atom. The summed E-state index contributed by atoms with van der Waals surface area (Å²) in [6.45, 7) is 4.26. The van der Waals surface area contributed by atoms with Gasteiger partial charge in [0.25, 0.3) is 5.91 Å². The fraction of sp³-hybridized carbons (Fsp3) is 0.143. The van der Waals surface area contributed by atoms with Crippen LogP contribution in [0.3, 0.4) is 0 Å². The van der Waals surface area contributed by atoms with E-state index in [2.05, 4.69) is 10.4 Å². The normalized spacial score (nSPS) is 11.1. The van der Waals surface area contributed by atoms with Gasteiger partial charge in [-0.2, -0.15) is 5.10 Å². The fourth-order valence-electron chi connectivity index (χ4n) is 3.03. The van der Waals surface area contributed by atoms with E-state index < -0.39 is 0 Å². The molecular weight excluding hydrogens is 397 g/mol. The Morgan fingerprint density at radius 2 is 2.00 bits per heavy atom. The highest BCUT2D eigenvalue weighted by molar-refractivity contribution is 7.20. The maximum absolute atomic E-state index is 13.5. The summed E-state index contributed by atoms with van der Waals surface area (Å²) < 4.78 is 15.4. The van der Waals surface area contributed by atoms with Gasteiger partial charge >= 0.3 is 0 Å². The van der Waals surface area contributed by atoms with E-state index in [0.29, 0.717) is 22.1 Å². The number of nitrogens with one attached hydrogen (secondary N) is 1. The van der Waals surface area contributed by atoms with Crippen molar-refractivity contribution in [3.05, 3.63) is 81.1 Å². The molecule has 0 fully saturated rings. The molecule has 2 aromatic heterocycles. The average molecular weight is 414 g/mol. The number of rotatable bonds is 4. The predicted octanol–water partition coefficient (Wildman–Crippen LogP) is 5.81. The van der Waals surface area contributed by atoms with E-state index in [9.17, 15) is 9.18 Å². The van der Waals surface area contributed by atoms with E-state index in [4.69, 9.17) is 11.6 Å². The van der Waals surface area contributed by atoms with Gasteiger partial charge in [0.15, 0.2) is 0 Å². The molecule has 0 aliphatic rings. The van der Waals surface area contributed by atoms with Crippen LogP contribution in [0.1, 0.15) is 26.5 Å². The van der Waals surface area contributed by atoms with E-state index in [1.165, 1.54) is 23.5 Å². The summed E-state index contributed by atoms with van der Waals surface area (Å²) in [7, 11) is 0. The van der Waals surface area contributed by atoms with E-state index in [1.54, 1.807) is 6.07 Å². The molecule has 1 N–H and O–H groups in total. The van der Waals surface area contributed by atoms with Crippen LogP contribution < -0.4 is 5.32 Å². The van der Waals surface area contributed by atoms with Crippen LogP contribution in [0, 0.1) is 19.7 Å². The summed E-state index contributed by atoms with van der Waals surface area (Å²) in [5.41, 5.74) is 3.08. The highest BCUT2D eigenvalue weighted by Gasteiger charge is 2.17. The second-order valence-electron chi connectivity index (χ2n) is 6.58. The number of carbonyl (C=O) groups excluding carboxylic acids is 1. The van der Waals surface area contributed by atoms with Gasteiger partial charge in [0.05, 0.1) is 17.1 Å². The largest absolute Gasteiger partial charge is 0.321 e. The number of aryl methyl sites for hydroxylation is 2. The summed E-state index contributed by atoms with van der Waals surface area (Å²) in [6.07, 6.45) is 0. The average Bonchev–Trinajstić information content (AvgIpc) is 3.22. The zero-order valence-electron chi connectivity index (χ0n) is 15.3. The Kier molecular flexibility index (Phi) is 4.91. The molecule has 0 aliphatic heterocycles. The van der Waals surface area contributed by atoms with E-state index in [0.717, 1.165) is 27.0 Å². The first-order chi connectivity index (χ1) is 13.4. The van der Waals surface area contributed by atoms with Crippen LogP contribution in [0.4, 0.5) is 10.1 Å². The lowest BCUT2D eigenvalue weighted by Gasteiger charge is -2.07. The molecule has 0 saturated heterocycles. The summed E-state index contributed by atoms with van der Waals surface area (Å²) in [4.78, 5) is 14.2. The minimum atomic E-state index is -0.386. The van der Waals surface area contributed by atoms with Crippen molar-refractivity contribution in [1.29, 1.82) is 0 Å². The molecule has 2 heterocycles. The summed E-state index contributed by atoms with van der Waals surface area (Å²) in [5.74, 6) is -0.651. The fourth-order valence-corrected chi connectivity index (χ4v) is 4.28. The number of anilines is 1. The number of aromatic nitrogens is 2. The zero-order valence-corrected chi connectivity index (χ0v) is 16.9. The molecule has 0 unspecified atom stereocenters. The first kappa shape index (κ1) is 18.7. The lowest BCUT2D eigenvalue weighted by atomic mass is 10.2. The van der Waals surface area contributed by atoms with Crippen molar-refractivity contribution in [2.45, 2.75) is 20.4 Å². The Bertz CT molecular complexity index is 1200. The Balaban J connectivity index is 1.65. The molecule has 4 rings (SSSR count). The third-order valence-electron chi connectivity index (χ3n) is 4.56. The Morgan fingerprint density at radius 3 is 2.79 bits per heavy atom. The first-order valence-corrected chi connectivity index (χ1v) is 9.89. The molecule has 28 heavy (non-hydrogen) atoms. The molecule has 0 bridgehead atoms. The zero-order chi connectivity index (χ0) is 19.8. The lowest BCUT2D eigenvalue weighted by Crippen LogP contribution is -2.11. The minimum Gasteiger partial charge on any atom is -0.321 e. The molecule has 4 aromatic rings. The highest BCUT2D eigenvalue weighted by atomic mass is 35.5. The van der Waals surface area contributed by atoms with Gasteiger partial charge < -0.3 is 5.32 Å². The summed E-state index contributed by atoms with van der Waals surface area (Å²) >= 11 is 7.63. The van der Waals surface area contributed by atoms with Crippen LogP contribution in [-0.4, -0.2) is 15.7 Å². The quantitative estimate of drug-likeness (QED) is 0.459. The van der Waals surface area contributed by atoms with Gasteiger partial charge in [0.1, 0.15) is 10.6 Å². The van der Waals surface area contributed by atoms with Gasteiger partial charge in [-0.05, 0) is 49.2 Å². The smallest absolute Gasteiger partial charge is 0.265 e. The van der Waals surface area contributed by atoms with Crippen LogP contribution in [0.15, 0.2) is 48.5 Å². The number of carbonyl (C=O) groups is 1. The van der Waals surface area contributed by atoms with Crippen molar-refractivity contribution >= 4 is 44.7 Å². The Labute approximate surface area is 170 Å². The number of halogens is 2. The van der Waals surface area contributed by atoms with Crippen molar-refractivity contribution in [3.63, 3.8) is 0 Å². The molecule has 0 saturated carbocycles. The lowest BCUT2D eigenvalue weighted by molar-refractivity contribution is 0.103. The van der Waals surface area contributed by atoms with E-state index >= 15 is 0 Å². The molecule has 0 aliphatic carbocycles. The van der Waals surface area contributed by atoms with Crippen LogP contribution in [0.2, 0.25) is 5.02 Å². The topological polar surface area (TPSA) is 46.9 Å². The minimum absolute atomic E-state index is 0.265. The van der Waals surface area contributed by atoms with Crippen molar-refractivity contribution in [3.8, 4) is 0 Å². The van der Waals surface area contributed by atoms with Crippen LogP contribution in [0.25, 0.3) is 10.2 Å². The molecule has 7 heteroatoms. The molecule has 2 aromatic carbocycles. The molecule has 4 nitrogen and oxygen atoms in total. The first-order valence-electron chi connectivity index (χ1n) is 8.70. The Hall–Kier alpha value is -2.70. The number of nitrogens with zero attached hydrogens (tertiary/aromatic N) is 2. The van der Waals surface area contributed by atoms with Gasteiger partial charge in [-0.15, -0.1) is 11.3 Å². The second-order valence-corrected chi connectivity index (χ2v) is 8.02. The predicted molar refractivity (Wildman–Crippen MR) is 112 cm³/mol. The number of hydrogen-bond donors (Lipinski definition) is 1. The van der Waals surface area contributed by atoms with Gasteiger partial charge in [-0.25, -0.2) is 4.39 Å². The van der Waals surface area contributed by atoms with Crippen molar-refractivity contribution in [2.75, 3.05) is 5.32 Å². The summed E-state index contributed by atoms with van der Waals surface area (Å²) in [5, 5.41) is 8.99. The van der Waals surface area contributed by atoms with Crippen LogP contribution >= 0.6 is 22.9 Å². The van der Waals surface area contributed by atoms with Crippen LogP contribution in [0.5, 0.6) is 0 Å².